The van der Waals surface area contributed by atoms with Crippen molar-refractivity contribution in [3.05, 3.63) is 64.7 Å². The minimum absolute atomic E-state index is 0.166. The van der Waals surface area contributed by atoms with Gasteiger partial charge in [-0.15, -0.1) is 0 Å². The summed E-state index contributed by atoms with van der Waals surface area (Å²) in [5.41, 5.74) is 5.08. The molecule has 4 rings (SSSR count). The molecule has 0 aromatic heterocycles. The molecule has 5 nitrogen and oxygen atoms in total. The number of benzene rings is 2. The highest BCUT2D eigenvalue weighted by atomic mass is 16.6. The van der Waals surface area contributed by atoms with Crippen molar-refractivity contribution in [1.82, 2.24) is 4.90 Å². The third-order valence-corrected chi connectivity index (χ3v) is 5.52. The number of carbonyl (C=O) groups excluding carboxylic acids is 2. The second-order valence-electron chi connectivity index (χ2n) is 7.48. The number of nitrogens with zero attached hydrogens (tertiary/aromatic N) is 1. The molecule has 1 aliphatic carbocycles. The minimum Gasteiger partial charge on any atom is -0.482 e. The molecule has 5 heteroatoms. The molecule has 0 saturated heterocycles. The lowest BCUT2D eigenvalue weighted by Crippen LogP contribution is -2.43. The van der Waals surface area contributed by atoms with Gasteiger partial charge in [-0.3, -0.25) is 4.79 Å². The highest BCUT2D eigenvalue weighted by molar-refractivity contribution is 5.84. The van der Waals surface area contributed by atoms with Gasteiger partial charge in [0.2, 0.25) is 0 Å². The summed E-state index contributed by atoms with van der Waals surface area (Å²) in [5.74, 6) is -0.0247. The Balaban J connectivity index is 1.28. The van der Waals surface area contributed by atoms with Gasteiger partial charge >= 0.3 is 5.97 Å². The molecule has 1 atom stereocenters. The van der Waals surface area contributed by atoms with E-state index < -0.39 is 12.1 Å². The second-order valence-corrected chi connectivity index (χ2v) is 7.48. The molecule has 0 radical (unpaired) electrons. The average Bonchev–Trinajstić information content (AvgIpc) is 3.19. The van der Waals surface area contributed by atoms with Crippen molar-refractivity contribution in [2.24, 2.45) is 0 Å². The van der Waals surface area contributed by atoms with Crippen LogP contribution in [0.3, 0.4) is 0 Å². The van der Waals surface area contributed by atoms with Crippen molar-refractivity contribution in [2.45, 2.75) is 45.3 Å². The lowest BCUT2D eigenvalue weighted by Gasteiger charge is -2.30. The number of hydrogen-bond acceptors (Lipinski definition) is 4. The van der Waals surface area contributed by atoms with Gasteiger partial charge in [-0.25, -0.2) is 4.79 Å². The van der Waals surface area contributed by atoms with E-state index in [2.05, 4.69) is 12.1 Å². The predicted octanol–water partition coefficient (Wildman–Crippen LogP) is 3.07. The molecule has 0 fully saturated rings. The highest BCUT2D eigenvalue weighted by Crippen LogP contribution is 2.26. The zero-order valence-corrected chi connectivity index (χ0v) is 16.1. The van der Waals surface area contributed by atoms with E-state index in [9.17, 15) is 9.59 Å². The number of amides is 1. The van der Waals surface area contributed by atoms with E-state index in [1.807, 2.05) is 30.3 Å². The van der Waals surface area contributed by atoms with Crippen LogP contribution in [0.5, 0.6) is 5.75 Å². The Kier molecular flexibility index (Phi) is 5.33. The summed E-state index contributed by atoms with van der Waals surface area (Å²) in [6.07, 6.45) is 3.34. The fourth-order valence-electron chi connectivity index (χ4n) is 4.00. The third kappa shape index (κ3) is 4.03. The van der Waals surface area contributed by atoms with Crippen molar-refractivity contribution < 1.29 is 19.1 Å². The maximum Gasteiger partial charge on any atom is 0.344 e. The van der Waals surface area contributed by atoms with Crippen molar-refractivity contribution in [3.63, 3.8) is 0 Å². The van der Waals surface area contributed by atoms with Crippen LogP contribution in [0, 0.1) is 0 Å². The molecular formula is C23H25NO4. The summed E-state index contributed by atoms with van der Waals surface area (Å²) >= 11 is 0. The number of hydrogen-bond donors (Lipinski definition) is 0. The van der Waals surface area contributed by atoms with Crippen molar-refractivity contribution in [2.75, 3.05) is 13.2 Å². The van der Waals surface area contributed by atoms with E-state index in [1.165, 1.54) is 23.1 Å². The van der Waals surface area contributed by atoms with E-state index in [-0.39, 0.29) is 12.5 Å². The van der Waals surface area contributed by atoms with Crippen LogP contribution in [0.1, 0.15) is 35.6 Å². The van der Waals surface area contributed by atoms with Crippen molar-refractivity contribution in [1.29, 1.82) is 0 Å². The average molecular weight is 379 g/mol. The molecule has 2 aromatic carbocycles. The summed E-state index contributed by atoms with van der Waals surface area (Å²) in [6, 6.07) is 14.1. The molecular weight excluding hydrogens is 354 g/mol. The molecule has 1 heterocycles. The fraction of sp³-hybridized carbons (Fsp3) is 0.391. The van der Waals surface area contributed by atoms with Crippen molar-refractivity contribution in [3.8, 4) is 5.75 Å². The molecule has 2 aromatic rings. The van der Waals surface area contributed by atoms with E-state index in [1.54, 1.807) is 11.8 Å². The maximum absolute atomic E-state index is 12.7. The fourth-order valence-corrected chi connectivity index (χ4v) is 4.00. The maximum atomic E-state index is 12.7. The lowest BCUT2D eigenvalue weighted by atomic mass is 9.99. The van der Waals surface area contributed by atoms with Crippen LogP contribution < -0.4 is 4.74 Å². The van der Waals surface area contributed by atoms with Gasteiger partial charge in [0, 0.05) is 13.1 Å². The van der Waals surface area contributed by atoms with Crippen molar-refractivity contribution >= 4 is 11.9 Å². The van der Waals surface area contributed by atoms with Gasteiger partial charge in [-0.05, 0) is 67.0 Å². The molecule has 0 N–H and O–H groups in total. The third-order valence-electron chi connectivity index (χ3n) is 5.52. The standard InChI is InChI=1S/C23H25NO4/c1-16(23(26)24-12-11-18-5-2-3-6-20(18)14-24)28-22(25)15-27-21-10-9-17-7-4-8-19(17)13-21/h2-3,5-6,9-10,13,16H,4,7-8,11-12,14-15H2,1H3/t16-/m1/s1. The van der Waals surface area contributed by atoms with Gasteiger partial charge in [0.1, 0.15) is 5.75 Å². The number of carbonyl (C=O) groups is 2. The van der Waals surface area contributed by atoms with Gasteiger partial charge in [-0.2, -0.15) is 0 Å². The van der Waals surface area contributed by atoms with Crippen LogP contribution >= 0.6 is 0 Å². The van der Waals surface area contributed by atoms with E-state index in [4.69, 9.17) is 9.47 Å². The quantitative estimate of drug-likeness (QED) is 0.750. The number of esters is 1. The highest BCUT2D eigenvalue weighted by Gasteiger charge is 2.27. The van der Waals surface area contributed by atoms with E-state index in [0.717, 1.165) is 24.8 Å². The minimum atomic E-state index is -0.818. The van der Waals surface area contributed by atoms with Gasteiger partial charge < -0.3 is 14.4 Å². The zero-order chi connectivity index (χ0) is 19.5. The molecule has 28 heavy (non-hydrogen) atoms. The zero-order valence-electron chi connectivity index (χ0n) is 16.1. The summed E-state index contributed by atoms with van der Waals surface area (Å²) in [6.45, 7) is 2.63. The number of rotatable bonds is 5. The molecule has 1 aliphatic heterocycles. The van der Waals surface area contributed by atoms with Crippen LogP contribution in [-0.4, -0.2) is 36.0 Å². The Morgan fingerprint density at radius 3 is 2.61 bits per heavy atom. The van der Waals surface area contributed by atoms with Crippen LogP contribution in [-0.2, 0) is 40.1 Å². The van der Waals surface area contributed by atoms with Crippen LogP contribution in [0.4, 0.5) is 0 Å². The molecule has 1 amide bonds. The van der Waals surface area contributed by atoms with Gasteiger partial charge in [0.05, 0.1) is 0 Å². The number of aryl methyl sites for hydroxylation is 2. The summed E-state index contributed by atoms with van der Waals surface area (Å²) in [7, 11) is 0. The number of ether oxygens (including phenoxy) is 2. The first-order valence-corrected chi connectivity index (χ1v) is 9.90. The lowest BCUT2D eigenvalue weighted by molar-refractivity contribution is -0.161. The smallest absolute Gasteiger partial charge is 0.344 e. The van der Waals surface area contributed by atoms with Gasteiger partial charge in [-0.1, -0.05) is 30.3 Å². The summed E-state index contributed by atoms with van der Waals surface area (Å²) < 4.78 is 10.9. The molecule has 0 spiro atoms. The summed E-state index contributed by atoms with van der Waals surface area (Å²) in [4.78, 5) is 26.5. The summed E-state index contributed by atoms with van der Waals surface area (Å²) in [5, 5.41) is 0. The Morgan fingerprint density at radius 2 is 1.75 bits per heavy atom. The first-order valence-electron chi connectivity index (χ1n) is 9.90. The Hall–Kier alpha value is -2.82. The predicted molar refractivity (Wildman–Crippen MR) is 105 cm³/mol. The first kappa shape index (κ1) is 18.5. The second kappa shape index (κ2) is 8.05. The van der Waals surface area contributed by atoms with Crippen LogP contribution in [0.25, 0.3) is 0 Å². The van der Waals surface area contributed by atoms with Crippen LogP contribution in [0.15, 0.2) is 42.5 Å². The van der Waals surface area contributed by atoms with Gasteiger partial charge in [0.25, 0.3) is 5.91 Å². The van der Waals surface area contributed by atoms with E-state index in [0.29, 0.717) is 18.8 Å². The Labute approximate surface area is 165 Å². The molecule has 0 bridgehead atoms. The van der Waals surface area contributed by atoms with Crippen LogP contribution in [0.2, 0.25) is 0 Å². The normalized spacial score (nSPS) is 16.1. The first-order chi connectivity index (χ1) is 13.6. The molecule has 0 saturated carbocycles. The Morgan fingerprint density at radius 1 is 1.00 bits per heavy atom. The van der Waals surface area contributed by atoms with E-state index >= 15 is 0 Å². The Bertz CT molecular complexity index is 892. The monoisotopic (exact) mass is 379 g/mol. The van der Waals surface area contributed by atoms with Gasteiger partial charge in [0.15, 0.2) is 12.7 Å². The largest absolute Gasteiger partial charge is 0.482 e. The molecule has 146 valence electrons. The SMILES string of the molecule is C[C@@H](OC(=O)COc1ccc2c(c1)CCC2)C(=O)N1CCc2ccccc2C1. The topological polar surface area (TPSA) is 55.8 Å². The number of fused-ring (bicyclic) bond motifs is 2. The molecule has 0 unspecified atom stereocenters. The molecule has 2 aliphatic rings.